The minimum atomic E-state index is 0.593. The molecule has 2 N–H and O–H groups in total. The first-order valence-electron chi connectivity index (χ1n) is 4.45. The Labute approximate surface area is 82.3 Å². The van der Waals surface area contributed by atoms with Crippen LogP contribution in [0.25, 0.3) is 0 Å². The van der Waals surface area contributed by atoms with Gasteiger partial charge in [0.15, 0.2) is 11.5 Å². The van der Waals surface area contributed by atoms with E-state index in [4.69, 9.17) is 15.3 Å². The maximum absolute atomic E-state index is 5.44. The summed E-state index contributed by atoms with van der Waals surface area (Å²) in [4.78, 5) is 0. The SMILES string of the molecule is Cc1cc2c(cc1C=NN)OCCO2. The molecule has 0 atom stereocenters. The van der Waals surface area contributed by atoms with Gasteiger partial charge in [0.1, 0.15) is 13.2 Å². The third-order valence-electron chi connectivity index (χ3n) is 2.14. The lowest BCUT2D eigenvalue weighted by atomic mass is 10.1. The molecular weight excluding hydrogens is 180 g/mol. The van der Waals surface area contributed by atoms with Crippen LogP contribution in [-0.4, -0.2) is 19.4 Å². The van der Waals surface area contributed by atoms with Crippen LogP contribution in [0.5, 0.6) is 11.5 Å². The number of nitrogens with zero attached hydrogens (tertiary/aromatic N) is 1. The Morgan fingerprint density at radius 2 is 1.93 bits per heavy atom. The zero-order valence-electron chi connectivity index (χ0n) is 7.99. The fourth-order valence-electron chi connectivity index (χ4n) is 1.43. The summed E-state index contributed by atoms with van der Waals surface area (Å²) in [5.74, 6) is 6.66. The number of ether oxygens (including phenoxy) is 2. The van der Waals surface area contributed by atoms with Gasteiger partial charge in [-0.3, -0.25) is 0 Å². The summed E-state index contributed by atoms with van der Waals surface area (Å²) in [7, 11) is 0. The Morgan fingerprint density at radius 3 is 2.57 bits per heavy atom. The van der Waals surface area contributed by atoms with Crippen LogP contribution in [0.4, 0.5) is 0 Å². The van der Waals surface area contributed by atoms with Crippen LogP contribution < -0.4 is 15.3 Å². The van der Waals surface area contributed by atoms with Crippen LogP contribution in [0.2, 0.25) is 0 Å². The van der Waals surface area contributed by atoms with E-state index >= 15 is 0 Å². The van der Waals surface area contributed by atoms with Crippen molar-refractivity contribution in [2.45, 2.75) is 6.92 Å². The summed E-state index contributed by atoms with van der Waals surface area (Å²) in [6.07, 6.45) is 1.60. The molecule has 0 saturated carbocycles. The van der Waals surface area contributed by atoms with Crippen LogP contribution in [-0.2, 0) is 0 Å². The van der Waals surface area contributed by atoms with Crippen molar-refractivity contribution in [2.24, 2.45) is 10.9 Å². The van der Waals surface area contributed by atoms with E-state index in [0.717, 1.165) is 22.6 Å². The Hall–Kier alpha value is -1.71. The highest BCUT2D eigenvalue weighted by molar-refractivity contribution is 5.82. The molecule has 4 nitrogen and oxygen atoms in total. The highest BCUT2D eigenvalue weighted by atomic mass is 16.6. The third kappa shape index (κ3) is 1.51. The van der Waals surface area contributed by atoms with Crippen molar-refractivity contribution in [1.82, 2.24) is 0 Å². The summed E-state index contributed by atoms with van der Waals surface area (Å²) >= 11 is 0. The third-order valence-corrected chi connectivity index (χ3v) is 2.14. The van der Waals surface area contributed by atoms with Gasteiger partial charge in [0, 0.05) is 5.56 Å². The Balaban J connectivity index is 2.45. The summed E-state index contributed by atoms with van der Waals surface area (Å²) in [5, 5.41) is 3.49. The number of rotatable bonds is 1. The number of benzene rings is 1. The van der Waals surface area contributed by atoms with Gasteiger partial charge >= 0.3 is 0 Å². The maximum atomic E-state index is 5.44. The smallest absolute Gasteiger partial charge is 0.162 e. The zero-order chi connectivity index (χ0) is 9.97. The number of aryl methyl sites for hydroxylation is 1. The molecule has 0 bridgehead atoms. The normalized spacial score (nSPS) is 14.6. The number of fused-ring (bicyclic) bond motifs is 1. The molecule has 14 heavy (non-hydrogen) atoms. The second kappa shape index (κ2) is 3.57. The van der Waals surface area contributed by atoms with E-state index in [1.165, 1.54) is 0 Å². The molecule has 0 aliphatic carbocycles. The molecule has 1 aliphatic rings. The lowest BCUT2D eigenvalue weighted by Gasteiger charge is -2.19. The van der Waals surface area contributed by atoms with Crippen molar-refractivity contribution in [1.29, 1.82) is 0 Å². The molecule has 2 rings (SSSR count). The van der Waals surface area contributed by atoms with Gasteiger partial charge in [-0.15, -0.1) is 0 Å². The van der Waals surface area contributed by atoms with E-state index in [9.17, 15) is 0 Å². The van der Waals surface area contributed by atoms with E-state index < -0.39 is 0 Å². The fourth-order valence-corrected chi connectivity index (χ4v) is 1.43. The van der Waals surface area contributed by atoms with E-state index in [1.807, 2.05) is 19.1 Å². The minimum absolute atomic E-state index is 0.593. The molecule has 0 amide bonds. The van der Waals surface area contributed by atoms with Gasteiger partial charge in [-0.25, -0.2) is 0 Å². The molecule has 0 radical (unpaired) electrons. The van der Waals surface area contributed by atoms with Crippen molar-refractivity contribution >= 4 is 6.21 Å². The molecule has 0 fully saturated rings. The predicted octanol–water partition coefficient (Wildman–Crippen LogP) is 1.06. The number of nitrogens with two attached hydrogens (primary N) is 1. The second-order valence-corrected chi connectivity index (χ2v) is 3.13. The monoisotopic (exact) mass is 192 g/mol. The molecule has 1 aromatic carbocycles. The number of hydrogen-bond donors (Lipinski definition) is 1. The van der Waals surface area contributed by atoms with Gasteiger partial charge in [-0.05, 0) is 24.6 Å². The van der Waals surface area contributed by atoms with Gasteiger partial charge in [0.2, 0.25) is 0 Å². The molecule has 0 aromatic heterocycles. The molecule has 1 aromatic rings. The zero-order valence-corrected chi connectivity index (χ0v) is 7.99. The largest absolute Gasteiger partial charge is 0.486 e. The molecule has 4 heteroatoms. The van der Waals surface area contributed by atoms with E-state index in [2.05, 4.69) is 5.10 Å². The van der Waals surface area contributed by atoms with E-state index in [1.54, 1.807) is 6.21 Å². The molecule has 74 valence electrons. The van der Waals surface area contributed by atoms with Crippen molar-refractivity contribution in [3.8, 4) is 11.5 Å². The van der Waals surface area contributed by atoms with Crippen molar-refractivity contribution < 1.29 is 9.47 Å². The minimum Gasteiger partial charge on any atom is -0.486 e. The summed E-state index contributed by atoms with van der Waals surface area (Å²) in [5.41, 5.74) is 2.03. The highest BCUT2D eigenvalue weighted by Crippen LogP contribution is 2.32. The van der Waals surface area contributed by atoms with Crippen LogP contribution in [0.1, 0.15) is 11.1 Å². The van der Waals surface area contributed by atoms with Crippen LogP contribution in [0.3, 0.4) is 0 Å². The van der Waals surface area contributed by atoms with Gasteiger partial charge in [0.25, 0.3) is 0 Å². The van der Waals surface area contributed by atoms with Crippen molar-refractivity contribution in [3.05, 3.63) is 23.3 Å². The van der Waals surface area contributed by atoms with E-state index in [0.29, 0.717) is 13.2 Å². The number of hydrazone groups is 1. The molecule has 1 heterocycles. The quantitative estimate of drug-likeness (QED) is 0.411. The topological polar surface area (TPSA) is 56.8 Å². The van der Waals surface area contributed by atoms with E-state index in [-0.39, 0.29) is 0 Å². The van der Waals surface area contributed by atoms with Crippen LogP contribution in [0.15, 0.2) is 17.2 Å². The average molecular weight is 192 g/mol. The fraction of sp³-hybridized carbons (Fsp3) is 0.300. The predicted molar refractivity (Wildman–Crippen MR) is 54.0 cm³/mol. The molecule has 0 saturated heterocycles. The van der Waals surface area contributed by atoms with Gasteiger partial charge in [-0.2, -0.15) is 5.10 Å². The van der Waals surface area contributed by atoms with Crippen molar-refractivity contribution in [2.75, 3.05) is 13.2 Å². The van der Waals surface area contributed by atoms with Gasteiger partial charge < -0.3 is 15.3 Å². The van der Waals surface area contributed by atoms with Gasteiger partial charge in [0.05, 0.1) is 6.21 Å². The van der Waals surface area contributed by atoms with Crippen molar-refractivity contribution in [3.63, 3.8) is 0 Å². The molecular formula is C10H12N2O2. The lowest BCUT2D eigenvalue weighted by Crippen LogP contribution is -2.15. The molecule has 0 unspecified atom stereocenters. The molecule has 1 aliphatic heterocycles. The summed E-state index contributed by atoms with van der Waals surface area (Å²) in [6.45, 7) is 3.18. The standard InChI is InChI=1S/C10H12N2O2/c1-7-4-9-10(14-3-2-13-9)5-8(7)6-12-11/h4-6H,2-3,11H2,1H3. The maximum Gasteiger partial charge on any atom is 0.162 e. The highest BCUT2D eigenvalue weighted by Gasteiger charge is 2.12. The average Bonchev–Trinajstić information content (AvgIpc) is 2.19. The van der Waals surface area contributed by atoms with Gasteiger partial charge in [-0.1, -0.05) is 0 Å². The first-order valence-corrected chi connectivity index (χ1v) is 4.45. The van der Waals surface area contributed by atoms with Crippen LogP contribution >= 0.6 is 0 Å². The second-order valence-electron chi connectivity index (χ2n) is 3.13. The number of hydrogen-bond acceptors (Lipinski definition) is 4. The first-order chi connectivity index (χ1) is 6.81. The lowest BCUT2D eigenvalue weighted by molar-refractivity contribution is 0.171. The molecule has 0 spiro atoms. The summed E-state index contributed by atoms with van der Waals surface area (Å²) < 4.78 is 10.9. The Bertz CT molecular complexity index is 375. The Morgan fingerprint density at radius 1 is 1.29 bits per heavy atom. The summed E-state index contributed by atoms with van der Waals surface area (Å²) in [6, 6.07) is 3.83. The Kier molecular flexibility index (Phi) is 2.26. The first kappa shape index (κ1) is 8.87. The van der Waals surface area contributed by atoms with Crippen LogP contribution in [0, 0.1) is 6.92 Å².